The molecule has 0 spiro atoms. The average molecular weight is 430 g/mol. The van der Waals surface area contributed by atoms with Gasteiger partial charge >= 0.3 is 0 Å². The zero-order valence-electron chi connectivity index (χ0n) is 20.3. The summed E-state index contributed by atoms with van der Waals surface area (Å²) in [7, 11) is 0. The number of nitriles is 1. The number of aryl methyl sites for hydroxylation is 1. The fourth-order valence-corrected chi connectivity index (χ4v) is 5.36. The third-order valence-corrected chi connectivity index (χ3v) is 7.51. The Hall–Kier alpha value is -2.07. The minimum atomic E-state index is 0.662. The van der Waals surface area contributed by atoms with E-state index >= 15 is 0 Å². The number of rotatable bonds is 13. The van der Waals surface area contributed by atoms with Crippen LogP contribution in [0.1, 0.15) is 131 Å². The Morgan fingerprint density at radius 1 is 0.625 bits per heavy atom. The fourth-order valence-electron chi connectivity index (χ4n) is 5.36. The quantitative estimate of drug-likeness (QED) is 0.291. The summed E-state index contributed by atoms with van der Waals surface area (Å²) < 4.78 is 0. The topological polar surface area (TPSA) is 23.8 Å². The highest BCUT2D eigenvalue weighted by molar-refractivity contribution is 5.33. The van der Waals surface area contributed by atoms with E-state index in [4.69, 9.17) is 5.26 Å². The van der Waals surface area contributed by atoms with Crippen LogP contribution in [-0.2, 0) is 6.42 Å². The molecule has 172 valence electrons. The summed E-state index contributed by atoms with van der Waals surface area (Å²) in [4.78, 5) is 0. The maximum absolute atomic E-state index is 8.99. The number of hydrogen-bond donors (Lipinski definition) is 0. The summed E-state index contributed by atoms with van der Waals surface area (Å²) in [5.74, 6) is 1.38. The van der Waals surface area contributed by atoms with Crippen molar-refractivity contribution in [2.75, 3.05) is 0 Å². The fraction of sp³-hybridized carbons (Fsp3) is 0.581. The van der Waals surface area contributed by atoms with Gasteiger partial charge in [-0.25, -0.2) is 0 Å². The molecule has 0 aromatic heterocycles. The number of benzene rings is 2. The van der Waals surface area contributed by atoms with E-state index < -0.39 is 0 Å². The standard InChI is InChI=1S/C31H43N/c1-2-3-4-5-6-7-8-9-10-11-12-26-13-17-28(18-14-26)30-21-23-31(24-22-30)29-19-15-27(25-32)16-20-29/h13-20,30-31H,2-12,21-24H2,1H3. The third kappa shape index (κ3) is 8.12. The zero-order chi connectivity index (χ0) is 22.4. The molecular weight excluding hydrogens is 386 g/mol. The lowest BCUT2D eigenvalue weighted by atomic mass is 9.76. The third-order valence-electron chi connectivity index (χ3n) is 7.51. The van der Waals surface area contributed by atoms with Gasteiger partial charge in [0, 0.05) is 0 Å². The van der Waals surface area contributed by atoms with Crippen LogP contribution in [0, 0.1) is 11.3 Å². The number of unbranched alkanes of at least 4 members (excludes halogenated alkanes) is 9. The number of hydrogen-bond acceptors (Lipinski definition) is 1. The molecule has 0 saturated heterocycles. The molecule has 1 aliphatic rings. The molecule has 3 rings (SSSR count). The summed E-state index contributed by atoms with van der Waals surface area (Å²) in [6, 6.07) is 20.0. The number of nitrogens with zero attached hydrogens (tertiary/aromatic N) is 1. The van der Waals surface area contributed by atoms with Crippen LogP contribution in [0.25, 0.3) is 0 Å². The van der Waals surface area contributed by atoms with Gasteiger partial charge in [0.05, 0.1) is 11.6 Å². The van der Waals surface area contributed by atoms with Gasteiger partial charge in [0.1, 0.15) is 0 Å². The Balaban J connectivity index is 1.30. The Morgan fingerprint density at radius 2 is 1.06 bits per heavy atom. The van der Waals surface area contributed by atoms with E-state index in [0.29, 0.717) is 5.92 Å². The second kappa shape index (κ2) is 14.2. The first kappa shape index (κ1) is 24.6. The molecular formula is C31H43N. The van der Waals surface area contributed by atoms with Crippen LogP contribution in [-0.4, -0.2) is 0 Å². The molecule has 1 fully saturated rings. The molecule has 1 saturated carbocycles. The molecule has 0 amide bonds. The summed E-state index contributed by atoms with van der Waals surface area (Å²) in [6.45, 7) is 2.29. The van der Waals surface area contributed by atoms with E-state index in [9.17, 15) is 0 Å². The first-order valence-corrected chi connectivity index (χ1v) is 13.4. The summed E-state index contributed by atoms with van der Waals surface area (Å²) in [5.41, 5.74) is 5.23. The monoisotopic (exact) mass is 429 g/mol. The largest absolute Gasteiger partial charge is 0.192 e. The lowest BCUT2D eigenvalue weighted by molar-refractivity contribution is 0.396. The van der Waals surface area contributed by atoms with Crippen molar-refractivity contribution in [2.24, 2.45) is 0 Å². The van der Waals surface area contributed by atoms with Crippen LogP contribution in [0.3, 0.4) is 0 Å². The van der Waals surface area contributed by atoms with Crippen LogP contribution < -0.4 is 0 Å². The van der Waals surface area contributed by atoms with Gasteiger partial charge in [-0.1, -0.05) is 101 Å². The van der Waals surface area contributed by atoms with Gasteiger partial charge in [-0.15, -0.1) is 0 Å². The normalized spacial score (nSPS) is 18.4. The molecule has 32 heavy (non-hydrogen) atoms. The minimum absolute atomic E-state index is 0.662. The van der Waals surface area contributed by atoms with E-state index in [-0.39, 0.29) is 0 Å². The van der Waals surface area contributed by atoms with Crippen molar-refractivity contribution in [1.82, 2.24) is 0 Å². The molecule has 0 heterocycles. The van der Waals surface area contributed by atoms with Crippen molar-refractivity contribution in [2.45, 2.75) is 115 Å². The van der Waals surface area contributed by atoms with Crippen molar-refractivity contribution in [3.05, 3.63) is 70.8 Å². The highest BCUT2D eigenvalue weighted by Crippen LogP contribution is 2.40. The average Bonchev–Trinajstić information content (AvgIpc) is 2.86. The first-order valence-electron chi connectivity index (χ1n) is 13.4. The van der Waals surface area contributed by atoms with Gasteiger partial charge < -0.3 is 0 Å². The predicted molar refractivity (Wildman–Crippen MR) is 137 cm³/mol. The summed E-state index contributed by atoms with van der Waals surface area (Å²) in [5, 5.41) is 8.99. The van der Waals surface area contributed by atoms with Gasteiger partial charge in [0.15, 0.2) is 0 Å². The molecule has 1 aliphatic carbocycles. The highest BCUT2D eigenvalue weighted by Gasteiger charge is 2.23. The Kier molecular flexibility index (Phi) is 10.9. The van der Waals surface area contributed by atoms with Gasteiger partial charge in [0.25, 0.3) is 0 Å². The Morgan fingerprint density at radius 3 is 1.53 bits per heavy atom. The van der Waals surface area contributed by atoms with Crippen LogP contribution >= 0.6 is 0 Å². The van der Waals surface area contributed by atoms with Crippen molar-refractivity contribution in [1.29, 1.82) is 5.26 Å². The lowest BCUT2D eigenvalue weighted by Gasteiger charge is -2.29. The SMILES string of the molecule is CCCCCCCCCCCCc1ccc(C2CCC(c3ccc(C#N)cc3)CC2)cc1. The minimum Gasteiger partial charge on any atom is -0.192 e. The van der Waals surface area contributed by atoms with Crippen molar-refractivity contribution >= 4 is 0 Å². The smallest absolute Gasteiger partial charge is 0.0991 e. The molecule has 0 unspecified atom stereocenters. The van der Waals surface area contributed by atoms with E-state index in [1.54, 1.807) is 0 Å². The van der Waals surface area contributed by atoms with Crippen molar-refractivity contribution in [3.63, 3.8) is 0 Å². The molecule has 2 aromatic carbocycles. The molecule has 0 bridgehead atoms. The van der Waals surface area contributed by atoms with Crippen LogP contribution in [0.2, 0.25) is 0 Å². The second-order valence-corrected chi connectivity index (χ2v) is 9.96. The van der Waals surface area contributed by atoms with Gasteiger partial charge in [-0.2, -0.15) is 5.26 Å². The predicted octanol–water partition coefficient (Wildman–Crippen LogP) is 9.46. The molecule has 2 aromatic rings. The molecule has 1 heteroatoms. The van der Waals surface area contributed by atoms with E-state index in [0.717, 1.165) is 11.5 Å². The molecule has 0 aliphatic heterocycles. The Bertz CT molecular complexity index is 788. The van der Waals surface area contributed by atoms with E-state index in [1.165, 1.54) is 113 Å². The van der Waals surface area contributed by atoms with Crippen LogP contribution in [0.5, 0.6) is 0 Å². The van der Waals surface area contributed by atoms with E-state index in [2.05, 4.69) is 49.4 Å². The lowest BCUT2D eigenvalue weighted by Crippen LogP contribution is -2.12. The summed E-state index contributed by atoms with van der Waals surface area (Å²) >= 11 is 0. The van der Waals surface area contributed by atoms with Gasteiger partial charge in [0.2, 0.25) is 0 Å². The summed E-state index contributed by atoms with van der Waals surface area (Å²) in [6.07, 6.45) is 20.4. The molecule has 1 nitrogen and oxygen atoms in total. The molecule has 0 atom stereocenters. The van der Waals surface area contributed by atoms with Crippen molar-refractivity contribution in [3.8, 4) is 6.07 Å². The Labute approximate surface area is 197 Å². The van der Waals surface area contributed by atoms with Crippen molar-refractivity contribution < 1.29 is 0 Å². The zero-order valence-corrected chi connectivity index (χ0v) is 20.3. The second-order valence-electron chi connectivity index (χ2n) is 9.96. The maximum atomic E-state index is 8.99. The van der Waals surface area contributed by atoms with Gasteiger partial charge in [-0.3, -0.25) is 0 Å². The first-order chi connectivity index (χ1) is 15.8. The van der Waals surface area contributed by atoms with Crippen LogP contribution in [0.15, 0.2) is 48.5 Å². The molecule has 0 N–H and O–H groups in total. The molecule has 0 radical (unpaired) electrons. The maximum Gasteiger partial charge on any atom is 0.0991 e. The highest BCUT2D eigenvalue weighted by atomic mass is 14.3. The van der Waals surface area contributed by atoms with E-state index in [1.807, 2.05) is 12.1 Å². The van der Waals surface area contributed by atoms with Gasteiger partial charge in [-0.05, 0) is 79.2 Å². The van der Waals surface area contributed by atoms with Crippen LogP contribution in [0.4, 0.5) is 0 Å².